The third-order valence-corrected chi connectivity index (χ3v) is 3.40. The van der Waals surface area contributed by atoms with Crippen molar-refractivity contribution in [1.29, 1.82) is 0 Å². The Kier molecular flexibility index (Phi) is 6.51. The molecule has 0 atom stereocenters. The highest BCUT2D eigenvalue weighted by molar-refractivity contribution is 5.43. The largest absolute Gasteiger partial charge is 0.497 e. The maximum absolute atomic E-state index is 5.55. The second-order valence-corrected chi connectivity index (χ2v) is 5.04. The van der Waals surface area contributed by atoms with Gasteiger partial charge in [-0.15, -0.1) is 0 Å². The zero-order valence-corrected chi connectivity index (χ0v) is 13.7. The lowest BCUT2D eigenvalue weighted by Gasteiger charge is -2.12. The number of hydrogen-bond acceptors (Lipinski definition) is 4. The molecule has 23 heavy (non-hydrogen) atoms. The fourth-order valence-corrected chi connectivity index (χ4v) is 2.18. The molecule has 0 heterocycles. The summed E-state index contributed by atoms with van der Waals surface area (Å²) in [5.74, 6) is 2.33. The predicted octanol–water partition coefficient (Wildman–Crippen LogP) is 3.56. The van der Waals surface area contributed by atoms with Gasteiger partial charge in [0, 0.05) is 13.1 Å². The molecule has 0 aliphatic rings. The van der Waals surface area contributed by atoms with Gasteiger partial charge in [0.2, 0.25) is 0 Å². The lowest BCUT2D eigenvalue weighted by atomic mass is 10.2. The summed E-state index contributed by atoms with van der Waals surface area (Å²) in [5, 5.41) is 3.42. The Morgan fingerprint density at radius 1 is 0.913 bits per heavy atom. The van der Waals surface area contributed by atoms with Gasteiger partial charge in [-0.3, -0.25) is 0 Å². The van der Waals surface area contributed by atoms with Gasteiger partial charge in [-0.25, -0.2) is 0 Å². The van der Waals surface area contributed by atoms with Gasteiger partial charge in [0.05, 0.1) is 14.2 Å². The van der Waals surface area contributed by atoms with E-state index in [1.54, 1.807) is 20.3 Å². The summed E-state index contributed by atoms with van der Waals surface area (Å²) in [4.78, 5) is 0. The first kappa shape index (κ1) is 16.9. The van der Waals surface area contributed by atoms with Crippen molar-refractivity contribution in [2.75, 3.05) is 20.8 Å². The molecule has 0 amide bonds. The molecule has 0 radical (unpaired) electrons. The first-order chi connectivity index (χ1) is 11.3. The van der Waals surface area contributed by atoms with Crippen molar-refractivity contribution < 1.29 is 14.2 Å². The van der Waals surface area contributed by atoms with Gasteiger partial charge in [0.25, 0.3) is 0 Å². The fourth-order valence-electron chi connectivity index (χ4n) is 2.18. The Morgan fingerprint density at radius 3 is 2.26 bits per heavy atom. The summed E-state index contributed by atoms with van der Waals surface area (Å²) >= 11 is 0. The SMILES string of the molecule is C=CCOc1ccc(CNCc2ccc(OC)cc2)cc1OC. The standard InChI is InChI=1S/C19H23NO3/c1-4-11-23-18-10-7-16(12-19(18)22-3)14-20-13-15-5-8-17(21-2)9-6-15/h4-10,12,20H,1,11,13-14H2,2-3H3. The third kappa shape index (κ3) is 5.04. The van der Waals surface area contributed by atoms with Crippen LogP contribution in [0.15, 0.2) is 55.1 Å². The molecule has 0 spiro atoms. The molecule has 2 rings (SSSR count). The summed E-state index contributed by atoms with van der Waals surface area (Å²) in [6.45, 7) is 5.66. The van der Waals surface area contributed by atoms with Gasteiger partial charge in [-0.1, -0.05) is 30.9 Å². The van der Waals surface area contributed by atoms with Crippen LogP contribution in [0.2, 0.25) is 0 Å². The van der Waals surface area contributed by atoms with E-state index in [9.17, 15) is 0 Å². The molecule has 0 bridgehead atoms. The van der Waals surface area contributed by atoms with E-state index in [-0.39, 0.29) is 0 Å². The van der Waals surface area contributed by atoms with Crippen molar-refractivity contribution in [2.45, 2.75) is 13.1 Å². The molecule has 0 fully saturated rings. The molecule has 4 nitrogen and oxygen atoms in total. The summed E-state index contributed by atoms with van der Waals surface area (Å²) in [6, 6.07) is 14.0. The molecule has 2 aromatic carbocycles. The topological polar surface area (TPSA) is 39.7 Å². The van der Waals surface area contributed by atoms with Crippen LogP contribution in [0.25, 0.3) is 0 Å². The fraction of sp³-hybridized carbons (Fsp3) is 0.263. The van der Waals surface area contributed by atoms with Crippen LogP contribution in [0.4, 0.5) is 0 Å². The van der Waals surface area contributed by atoms with E-state index in [0.29, 0.717) is 6.61 Å². The number of benzene rings is 2. The highest BCUT2D eigenvalue weighted by atomic mass is 16.5. The van der Waals surface area contributed by atoms with E-state index < -0.39 is 0 Å². The first-order valence-corrected chi connectivity index (χ1v) is 7.51. The molecule has 0 saturated heterocycles. The van der Waals surface area contributed by atoms with Crippen LogP contribution in [0, 0.1) is 0 Å². The second-order valence-electron chi connectivity index (χ2n) is 5.04. The highest BCUT2D eigenvalue weighted by Gasteiger charge is 2.05. The van der Waals surface area contributed by atoms with E-state index in [4.69, 9.17) is 14.2 Å². The average molecular weight is 313 g/mol. The van der Waals surface area contributed by atoms with Gasteiger partial charge in [0.15, 0.2) is 11.5 Å². The molecule has 2 aromatic rings. The molecule has 0 unspecified atom stereocenters. The van der Waals surface area contributed by atoms with Crippen LogP contribution in [0.1, 0.15) is 11.1 Å². The van der Waals surface area contributed by atoms with Gasteiger partial charge in [0.1, 0.15) is 12.4 Å². The van der Waals surface area contributed by atoms with Crippen molar-refractivity contribution >= 4 is 0 Å². The van der Waals surface area contributed by atoms with E-state index in [1.807, 2.05) is 30.3 Å². The molecule has 1 N–H and O–H groups in total. The Morgan fingerprint density at radius 2 is 1.61 bits per heavy atom. The molecule has 0 aliphatic heterocycles. The smallest absolute Gasteiger partial charge is 0.161 e. The molecular formula is C19H23NO3. The number of methoxy groups -OCH3 is 2. The Bertz CT molecular complexity index is 623. The molecular weight excluding hydrogens is 290 g/mol. The minimum atomic E-state index is 0.464. The number of ether oxygens (including phenoxy) is 3. The monoisotopic (exact) mass is 313 g/mol. The van der Waals surface area contributed by atoms with Crippen LogP contribution in [-0.2, 0) is 13.1 Å². The van der Waals surface area contributed by atoms with Crippen LogP contribution >= 0.6 is 0 Å². The van der Waals surface area contributed by atoms with E-state index in [1.165, 1.54) is 5.56 Å². The summed E-state index contributed by atoms with van der Waals surface area (Å²) < 4.78 is 16.1. The van der Waals surface area contributed by atoms with Crippen LogP contribution in [0.5, 0.6) is 17.2 Å². The maximum atomic E-state index is 5.55. The lowest BCUT2D eigenvalue weighted by molar-refractivity contribution is 0.326. The summed E-state index contributed by atoms with van der Waals surface area (Å²) in [6.07, 6.45) is 1.71. The van der Waals surface area contributed by atoms with E-state index in [2.05, 4.69) is 24.0 Å². The minimum absolute atomic E-state index is 0.464. The second kappa shape index (κ2) is 8.86. The third-order valence-electron chi connectivity index (χ3n) is 3.40. The van der Waals surface area contributed by atoms with Crippen molar-refractivity contribution in [2.24, 2.45) is 0 Å². The van der Waals surface area contributed by atoms with Crippen molar-refractivity contribution in [3.8, 4) is 17.2 Å². The molecule has 0 saturated carbocycles. The van der Waals surface area contributed by atoms with Gasteiger partial charge in [-0.2, -0.15) is 0 Å². The van der Waals surface area contributed by atoms with Crippen molar-refractivity contribution in [3.63, 3.8) is 0 Å². The zero-order valence-electron chi connectivity index (χ0n) is 13.7. The van der Waals surface area contributed by atoms with Gasteiger partial charge >= 0.3 is 0 Å². The first-order valence-electron chi connectivity index (χ1n) is 7.51. The number of nitrogens with one attached hydrogen (secondary N) is 1. The van der Waals surface area contributed by atoms with E-state index >= 15 is 0 Å². The number of rotatable bonds is 9. The maximum Gasteiger partial charge on any atom is 0.161 e. The Balaban J connectivity index is 1.90. The molecule has 122 valence electrons. The Labute approximate surface area is 137 Å². The highest BCUT2D eigenvalue weighted by Crippen LogP contribution is 2.28. The quantitative estimate of drug-likeness (QED) is 0.719. The van der Waals surface area contributed by atoms with Crippen LogP contribution < -0.4 is 19.5 Å². The minimum Gasteiger partial charge on any atom is -0.497 e. The predicted molar refractivity (Wildman–Crippen MR) is 92.2 cm³/mol. The van der Waals surface area contributed by atoms with Crippen LogP contribution in [-0.4, -0.2) is 20.8 Å². The average Bonchev–Trinajstić information content (AvgIpc) is 2.61. The van der Waals surface area contributed by atoms with Crippen molar-refractivity contribution in [3.05, 3.63) is 66.2 Å². The lowest BCUT2D eigenvalue weighted by Crippen LogP contribution is -2.12. The summed E-state index contributed by atoms with van der Waals surface area (Å²) in [5.41, 5.74) is 2.35. The van der Waals surface area contributed by atoms with E-state index in [0.717, 1.165) is 35.9 Å². The van der Waals surface area contributed by atoms with Gasteiger partial charge in [-0.05, 0) is 35.4 Å². The molecule has 0 aromatic heterocycles. The number of hydrogen-bond donors (Lipinski definition) is 1. The van der Waals surface area contributed by atoms with Crippen LogP contribution in [0.3, 0.4) is 0 Å². The normalized spacial score (nSPS) is 10.2. The summed E-state index contributed by atoms with van der Waals surface area (Å²) in [7, 11) is 3.31. The molecule has 4 heteroatoms. The zero-order chi connectivity index (χ0) is 16.5. The van der Waals surface area contributed by atoms with Crippen molar-refractivity contribution in [1.82, 2.24) is 5.32 Å². The van der Waals surface area contributed by atoms with Gasteiger partial charge < -0.3 is 19.5 Å². The molecule has 0 aliphatic carbocycles. The Hall–Kier alpha value is -2.46.